The van der Waals surface area contributed by atoms with Crippen LogP contribution >= 0.6 is 0 Å². The lowest BCUT2D eigenvalue weighted by Gasteiger charge is -2.25. The Morgan fingerprint density at radius 1 is 1.29 bits per heavy atom. The molecule has 0 atom stereocenters. The van der Waals surface area contributed by atoms with Crippen LogP contribution in [-0.4, -0.2) is 37.6 Å². The fourth-order valence-electron chi connectivity index (χ4n) is 1.73. The molecule has 1 saturated heterocycles. The number of ether oxygens (including phenoxy) is 1. The lowest BCUT2D eigenvalue weighted by molar-refractivity contribution is -0.140. The number of nitrogens with zero attached hydrogens (tertiary/aromatic N) is 1. The first-order valence-corrected chi connectivity index (χ1v) is 5.12. The molecule has 84 valence electrons. The molecule has 1 fully saturated rings. The Bertz CT molecular complexity index is 158. The van der Waals surface area contributed by atoms with Crippen LogP contribution in [0.15, 0.2) is 0 Å². The van der Waals surface area contributed by atoms with Gasteiger partial charge in [-0.25, -0.2) is 0 Å². The summed E-state index contributed by atoms with van der Waals surface area (Å²) in [4.78, 5) is 13.2. The largest absolute Gasteiger partial charge is 0.469 e. The van der Waals surface area contributed by atoms with Crippen LogP contribution in [0.1, 0.15) is 32.1 Å². The molecule has 0 aromatic carbocycles. The molecular formula is C10H20FNO2. The maximum absolute atomic E-state index is 10.8. The van der Waals surface area contributed by atoms with Crippen molar-refractivity contribution in [3.63, 3.8) is 0 Å². The number of carbonyl (C=O) groups is 1. The highest BCUT2D eigenvalue weighted by Crippen LogP contribution is 2.09. The van der Waals surface area contributed by atoms with Gasteiger partial charge < -0.3 is 9.64 Å². The van der Waals surface area contributed by atoms with Gasteiger partial charge in [-0.05, 0) is 38.9 Å². The molecule has 0 N–H and O–H groups in total. The van der Waals surface area contributed by atoms with Crippen molar-refractivity contribution in [2.45, 2.75) is 32.1 Å². The number of halogens is 1. The van der Waals surface area contributed by atoms with Crippen molar-refractivity contribution in [2.75, 3.05) is 26.7 Å². The fraction of sp³-hybridized carbons (Fsp3) is 0.900. The van der Waals surface area contributed by atoms with Gasteiger partial charge in [0.1, 0.15) is 0 Å². The van der Waals surface area contributed by atoms with E-state index in [0.717, 1.165) is 13.0 Å². The molecule has 1 aliphatic heterocycles. The van der Waals surface area contributed by atoms with Gasteiger partial charge in [0, 0.05) is 6.42 Å². The SMILES string of the molecule is COC(=O)CCCN1CCCCC1.F. The van der Waals surface area contributed by atoms with E-state index in [1.54, 1.807) is 0 Å². The third-order valence-electron chi connectivity index (χ3n) is 2.53. The summed E-state index contributed by atoms with van der Waals surface area (Å²) in [5.41, 5.74) is 0. The monoisotopic (exact) mass is 205 g/mol. The van der Waals surface area contributed by atoms with Crippen molar-refractivity contribution in [2.24, 2.45) is 0 Å². The third kappa shape index (κ3) is 5.17. The normalized spacial score (nSPS) is 17.2. The topological polar surface area (TPSA) is 29.5 Å². The number of piperidine rings is 1. The molecular weight excluding hydrogens is 185 g/mol. The van der Waals surface area contributed by atoms with E-state index >= 15 is 0 Å². The minimum Gasteiger partial charge on any atom is -0.469 e. The second kappa shape index (κ2) is 7.74. The number of carbonyl (C=O) groups excluding carboxylic acids is 1. The number of hydrogen-bond acceptors (Lipinski definition) is 3. The van der Waals surface area contributed by atoms with Gasteiger partial charge in [-0.3, -0.25) is 9.50 Å². The van der Waals surface area contributed by atoms with E-state index in [1.165, 1.54) is 39.5 Å². The van der Waals surface area contributed by atoms with Crippen molar-refractivity contribution in [1.29, 1.82) is 0 Å². The van der Waals surface area contributed by atoms with Gasteiger partial charge >= 0.3 is 5.97 Å². The molecule has 0 saturated carbocycles. The van der Waals surface area contributed by atoms with Crippen molar-refractivity contribution in [3.8, 4) is 0 Å². The highest BCUT2D eigenvalue weighted by Gasteiger charge is 2.09. The van der Waals surface area contributed by atoms with Gasteiger partial charge in [0.15, 0.2) is 0 Å². The lowest BCUT2D eigenvalue weighted by Crippen LogP contribution is -2.30. The first-order chi connectivity index (χ1) is 6.33. The van der Waals surface area contributed by atoms with E-state index in [1.807, 2.05) is 0 Å². The van der Waals surface area contributed by atoms with Crippen molar-refractivity contribution < 1.29 is 14.2 Å². The highest BCUT2D eigenvalue weighted by molar-refractivity contribution is 5.69. The Hall–Kier alpha value is -0.640. The first-order valence-electron chi connectivity index (χ1n) is 5.12. The van der Waals surface area contributed by atoms with E-state index in [0.29, 0.717) is 6.42 Å². The number of hydrogen-bond donors (Lipinski definition) is 0. The van der Waals surface area contributed by atoms with Crippen molar-refractivity contribution in [1.82, 2.24) is 4.90 Å². The molecule has 0 bridgehead atoms. The smallest absolute Gasteiger partial charge is 0.305 e. The molecule has 0 spiro atoms. The predicted octanol–water partition coefficient (Wildman–Crippen LogP) is 1.58. The summed E-state index contributed by atoms with van der Waals surface area (Å²) in [6, 6.07) is 0. The average Bonchev–Trinajstić information content (AvgIpc) is 2.19. The second-order valence-electron chi connectivity index (χ2n) is 3.58. The Morgan fingerprint density at radius 3 is 2.50 bits per heavy atom. The van der Waals surface area contributed by atoms with Gasteiger partial charge in [0.05, 0.1) is 7.11 Å². The zero-order chi connectivity index (χ0) is 9.52. The molecule has 0 aromatic heterocycles. The van der Waals surface area contributed by atoms with Crippen LogP contribution in [0.2, 0.25) is 0 Å². The van der Waals surface area contributed by atoms with Gasteiger partial charge in [0.2, 0.25) is 0 Å². The van der Waals surface area contributed by atoms with Gasteiger partial charge in [-0.1, -0.05) is 6.42 Å². The van der Waals surface area contributed by atoms with Crippen molar-refractivity contribution >= 4 is 5.97 Å². The van der Waals surface area contributed by atoms with Crippen molar-refractivity contribution in [3.05, 3.63) is 0 Å². The zero-order valence-corrected chi connectivity index (χ0v) is 8.83. The van der Waals surface area contributed by atoms with Crippen LogP contribution in [0, 0.1) is 0 Å². The van der Waals surface area contributed by atoms with Gasteiger partial charge in [-0.15, -0.1) is 0 Å². The quantitative estimate of drug-likeness (QED) is 0.653. The Kier molecular flexibility index (Phi) is 7.38. The summed E-state index contributed by atoms with van der Waals surface area (Å²) in [5, 5.41) is 0. The van der Waals surface area contributed by atoms with E-state index < -0.39 is 0 Å². The molecule has 3 nitrogen and oxygen atoms in total. The minimum absolute atomic E-state index is 0. The van der Waals surface area contributed by atoms with E-state index in [2.05, 4.69) is 9.64 Å². The standard InChI is InChI=1S/C10H19NO2.FH/c1-13-10(12)6-5-9-11-7-3-2-4-8-11;/h2-9H2,1H3;1H. The molecule has 0 radical (unpaired) electrons. The minimum atomic E-state index is -0.0861. The van der Waals surface area contributed by atoms with Gasteiger partial charge in [0.25, 0.3) is 0 Å². The lowest BCUT2D eigenvalue weighted by atomic mass is 10.1. The average molecular weight is 205 g/mol. The fourth-order valence-corrected chi connectivity index (χ4v) is 1.73. The second-order valence-corrected chi connectivity index (χ2v) is 3.58. The van der Waals surface area contributed by atoms with E-state index in [-0.39, 0.29) is 10.7 Å². The summed E-state index contributed by atoms with van der Waals surface area (Å²) in [7, 11) is 1.45. The molecule has 4 heteroatoms. The summed E-state index contributed by atoms with van der Waals surface area (Å²) in [6.45, 7) is 3.47. The Labute approximate surface area is 84.8 Å². The zero-order valence-electron chi connectivity index (χ0n) is 8.83. The highest BCUT2D eigenvalue weighted by atomic mass is 19.0. The van der Waals surface area contributed by atoms with Crippen LogP contribution in [0.25, 0.3) is 0 Å². The van der Waals surface area contributed by atoms with Gasteiger partial charge in [-0.2, -0.15) is 0 Å². The molecule has 14 heavy (non-hydrogen) atoms. The number of rotatable bonds is 4. The summed E-state index contributed by atoms with van der Waals surface area (Å²) in [5.74, 6) is -0.0861. The molecule has 1 aliphatic rings. The summed E-state index contributed by atoms with van der Waals surface area (Å²) < 4.78 is 4.58. The summed E-state index contributed by atoms with van der Waals surface area (Å²) >= 11 is 0. The number of methoxy groups -OCH3 is 1. The summed E-state index contributed by atoms with van der Waals surface area (Å²) in [6.07, 6.45) is 5.50. The molecule has 0 amide bonds. The predicted molar refractivity (Wildman–Crippen MR) is 54.0 cm³/mol. The van der Waals surface area contributed by atoms with Crippen LogP contribution in [0.3, 0.4) is 0 Å². The molecule has 1 rings (SSSR count). The maximum Gasteiger partial charge on any atom is 0.305 e. The van der Waals surface area contributed by atoms with Crippen LogP contribution in [-0.2, 0) is 9.53 Å². The van der Waals surface area contributed by atoms with Crippen LogP contribution in [0.4, 0.5) is 4.70 Å². The van der Waals surface area contributed by atoms with Crippen LogP contribution in [0.5, 0.6) is 0 Å². The number of esters is 1. The maximum atomic E-state index is 10.8. The molecule has 0 unspecified atom stereocenters. The molecule has 0 aromatic rings. The van der Waals surface area contributed by atoms with E-state index in [9.17, 15) is 4.79 Å². The Morgan fingerprint density at radius 2 is 1.93 bits per heavy atom. The third-order valence-corrected chi connectivity index (χ3v) is 2.53. The molecule has 0 aliphatic carbocycles. The van der Waals surface area contributed by atoms with Crippen LogP contribution < -0.4 is 0 Å². The van der Waals surface area contributed by atoms with E-state index in [4.69, 9.17) is 0 Å². The Balaban J connectivity index is 0.00000169. The number of likely N-dealkylation sites (tertiary alicyclic amines) is 1. The first kappa shape index (κ1) is 13.4. The molecule has 1 heterocycles.